The average Bonchev–Trinajstić information content (AvgIpc) is 3.39. The lowest BCUT2D eigenvalue weighted by molar-refractivity contribution is -0.136. The number of aromatic nitrogens is 3. The molecular weight excluding hydrogens is 611 g/mol. The van der Waals surface area contributed by atoms with Gasteiger partial charge in [-0.15, -0.1) is 0 Å². The number of esters is 1. The van der Waals surface area contributed by atoms with Crippen LogP contribution in [0.15, 0.2) is 66.7 Å². The molecule has 1 amide bonds. The highest BCUT2D eigenvalue weighted by Gasteiger charge is 2.31. The number of ether oxygens (including phenoxy) is 2. The number of carbonyl (C=O) groups is 2. The third kappa shape index (κ3) is 6.37. The maximum atomic E-state index is 15.6. The predicted octanol–water partition coefficient (Wildman–Crippen LogP) is 5.96. The first-order valence-electron chi connectivity index (χ1n) is 14.8. The zero-order valence-electron chi connectivity index (χ0n) is 25.5. The number of pyridine rings is 1. The highest BCUT2D eigenvalue weighted by Crippen LogP contribution is 2.30. The summed E-state index contributed by atoms with van der Waals surface area (Å²) in [5.74, 6) is -2.08. The van der Waals surface area contributed by atoms with Crippen LogP contribution in [0.3, 0.4) is 0 Å². The fourth-order valence-corrected chi connectivity index (χ4v) is 5.63. The molecule has 12 heteroatoms. The van der Waals surface area contributed by atoms with Gasteiger partial charge in [0.2, 0.25) is 11.8 Å². The minimum absolute atomic E-state index is 0.0525. The Labute approximate surface area is 267 Å². The fraction of sp³-hybridized carbons (Fsp3) is 0.229. The molecule has 0 bridgehead atoms. The van der Waals surface area contributed by atoms with Crippen LogP contribution in [0.4, 0.5) is 13.2 Å². The van der Waals surface area contributed by atoms with Crippen LogP contribution in [0.2, 0.25) is 0 Å². The number of amides is 1. The number of halogens is 3. The van der Waals surface area contributed by atoms with Crippen molar-refractivity contribution in [2.24, 2.45) is 0 Å². The summed E-state index contributed by atoms with van der Waals surface area (Å²) in [5, 5.41) is 8.93. The van der Waals surface area contributed by atoms with E-state index in [2.05, 4.69) is 9.97 Å². The van der Waals surface area contributed by atoms with Crippen LogP contribution in [-0.4, -0.2) is 51.0 Å². The van der Waals surface area contributed by atoms with E-state index in [0.29, 0.717) is 35.5 Å². The molecule has 0 radical (unpaired) electrons. The molecule has 3 aromatic carbocycles. The Morgan fingerprint density at radius 1 is 0.979 bits per heavy atom. The summed E-state index contributed by atoms with van der Waals surface area (Å²) < 4.78 is 57.8. The second-order valence-electron chi connectivity index (χ2n) is 11.2. The average molecular weight is 640 g/mol. The number of nitrogens with zero attached hydrogens (tertiary/aromatic N) is 5. The predicted molar refractivity (Wildman–Crippen MR) is 165 cm³/mol. The molecule has 0 aliphatic carbocycles. The van der Waals surface area contributed by atoms with Gasteiger partial charge >= 0.3 is 5.97 Å². The first-order chi connectivity index (χ1) is 22.6. The summed E-state index contributed by atoms with van der Waals surface area (Å²) in [5.41, 5.74) is 1.93. The zero-order valence-corrected chi connectivity index (χ0v) is 25.5. The monoisotopic (exact) mass is 639 g/mol. The minimum Gasteiger partial charge on any atom is -0.473 e. The summed E-state index contributed by atoms with van der Waals surface area (Å²) in [6, 6.07) is 17.4. The second-order valence-corrected chi connectivity index (χ2v) is 11.2. The molecule has 0 unspecified atom stereocenters. The van der Waals surface area contributed by atoms with Gasteiger partial charge in [0.25, 0.3) is 0 Å². The fourth-order valence-electron chi connectivity index (χ4n) is 5.63. The number of hydrogen-bond donors (Lipinski definition) is 0. The molecule has 1 atom stereocenters. The van der Waals surface area contributed by atoms with Crippen LogP contribution in [0, 0.1) is 28.8 Å². The second kappa shape index (κ2) is 13.0. The first kappa shape index (κ1) is 31.3. The van der Waals surface area contributed by atoms with Crippen LogP contribution < -0.4 is 4.74 Å². The maximum absolute atomic E-state index is 15.6. The van der Waals surface area contributed by atoms with Gasteiger partial charge in [-0.1, -0.05) is 12.1 Å². The van der Waals surface area contributed by atoms with E-state index in [1.165, 1.54) is 38.3 Å². The number of nitriles is 1. The molecule has 3 heterocycles. The van der Waals surface area contributed by atoms with Crippen molar-refractivity contribution in [3.05, 3.63) is 112 Å². The van der Waals surface area contributed by atoms with Crippen LogP contribution in [0.25, 0.3) is 22.3 Å². The molecule has 0 spiro atoms. The molecule has 6 rings (SSSR count). The summed E-state index contributed by atoms with van der Waals surface area (Å²) in [4.78, 5) is 35.1. The van der Waals surface area contributed by atoms with E-state index in [1.807, 2.05) is 10.6 Å². The normalized spacial score (nSPS) is 14.0. The van der Waals surface area contributed by atoms with Gasteiger partial charge in [0.1, 0.15) is 29.9 Å². The lowest BCUT2D eigenvalue weighted by Crippen LogP contribution is -2.52. The van der Waals surface area contributed by atoms with Crippen molar-refractivity contribution in [2.75, 3.05) is 13.7 Å². The van der Waals surface area contributed by atoms with Crippen LogP contribution in [0.1, 0.15) is 46.2 Å². The molecule has 1 aliphatic rings. The zero-order chi connectivity index (χ0) is 33.2. The van der Waals surface area contributed by atoms with Crippen molar-refractivity contribution in [2.45, 2.75) is 39.0 Å². The highest BCUT2D eigenvalue weighted by molar-refractivity contribution is 5.93. The molecule has 1 aliphatic heterocycles. The molecule has 1 fully saturated rings. The Bertz CT molecular complexity index is 2070. The molecule has 2 aromatic heterocycles. The third-order valence-corrected chi connectivity index (χ3v) is 8.23. The molecule has 238 valence electrons. The van der Waals surface area contributed by atoms with Gasteiger partial charge in [-0.3, -0.25) is 4.79 Å². The summed E-state index contributed by atoms with van der Waals surface area (Å²) >= 11 is 0. The van der Waals surface area contributed by atoms with Crippen molar-refractivity contribution in [3.63, 3.8) is 0 Å². The van der Waals surface area contributed by atoms with Gasteiger partial charge in [0, 0.05) is 43.6 Å². The number of methoxy groups -OCH3 is 1. The van der Waals surface area contributed by atoms with E-state index in [9.17, 15) is 14.0 Å². The standard InChI is InChI=1S/C35H28F3N5O4/c1-20(44)42-11-10-25(42)18-43-32-14-22(35(45)46-2)8-9-31(32)40-33(43)15-24-13-29(38)26(16-28(24)37)30-4-3-5-34(41-30)47-19-23-7-6-21(17-39)12-27(23)36/h3-9,12-14,16,25H,10-11,15,18-19H2,1-2H3/t25-/m1/s1. The number of benzene rings is 3. The van der Waals surface area contributed by atoms with Crippen LogP contribution in [0.5, 0.6) is 5.88 Å². The molecule has 0 saturated carbocycles. The van der Waals surface area contributed by atoms with Crippen LogP contribution in [-0.2, 0) is 29.1 Å². The van der Waals surface area contributed by atoms with E-state index in [-0.39, 0.29) is 58.8 Å². The topological polar surface area (TPSA) is 110 Å². The largest absolute Gasteiger partial charge is 0.473 e. The Balaban J connectivity index is 1.28. The summed E-state index contributed by atoms with van der Waals surface area (Å²) in [7, 11) is 1.28. The lowest BCUT2D eigenvalue weighted by Gasteiger charge is -2.41. The van der Waals surface area contributed by atoms with Crippen molar-refractivity contribution in [1.29, 1.82) is 5.26 Å². The molecule has 47 heavy (non-hydrogen) atoms. The quantitative estimate of drug-likeness (QED) is 0.183. The number of fused-ring (bicyclic) bond motifs is 1. The van der Waals surface area contributed by atoms with Crippen molar-refractivity contribution < 1.29 is 32.2 Å². The van der Waals surface area contributed by atoms with E-state index < -0.39 is 23.4 Å². The first-order valence-corrected chi connectivity index (χ1v) is 14.8. The van der Waals surface area contributed by atoms with E-state index in [0.717, 1.165) is 24.6 Å². The molecule has 1 saturated heterocycles. The molecule has 9 nitrogen and oxygen atoms in total. The van der Waals surface area contributed by atoms with Gasteiger partial charge < -0.3 is 18.9 Å². The van der Waals surface area contributed by atoms with Crippen LogP contribution >= 0.6 is 0 Å². The van der Waals surface area contributed by atoms with Gasteiger partial charge in [-0.05, 0) is 60.5 Å². The van der Waals surface area contributed by atoms with E-state index in [4.69, 9.17) is 14.7 Å². The van der Waals surface area contributed by atoms with Crippen molar-refractivity contribution >= 4 is 22.9 Å². The Morgan fingerprint density at radius 3 is 2.49 bits per heavy atom. The highest BCUT2D eigenvalue weighted by atomic mass is 19.1. The Hall–Kier alpha value is -5.70. The molecule has 0 N–H and O–H groups in total. The SMILES string of the molecule is COC(=O)c1ccc2nc(Cc3cc(F)c(-c4cccc(OCc5ccc(C#N)cc5F)n4)cc3F)n(C[C@H]3CCN3C(C)=O)c2c1. The Kier molecular flexibility index (Phi) is 8.63. The lowest BCUT2D eigenvalue weighted by atomic mass is 10.0. The number of likely N-dealkylation sites (tertiary alicyclic amines) is 1. The van der Waals surface area contributed by atoms with Crippen molar-refractivity contribution in [1.82, 2.24) is 19.4 Å². The third-order valence-electron chi connectivity index (χ3n) is 8.23. The summed E-state index contributed by atoms with van der Waals surface area (Å²) in [6.45, 7) is 2.31. The van der Waals surface area contributed by atoms with Gasteiger partial charge in [-0.25, -0.2) is 27.9 Å². The van der Waals surface area contributed by atoms with Gasteiger partial charge in [-0.2, -0.15) is 5.26 Å². The minimum atomic E-state index is -0.721. The van der Waals surface area contributed by atoms with E-state index >= 15 is 8.78 Å². The number of imidazole rings is 1. The van der Waals surface area contributed by atoms with Gasteiger partial charge in [0.05, 0.1) is 47.1 Å². The number of hydrogen-bond acceptors (Lipinski definition) is 7. The molecular formula is C35H28F3N5O4. The van der Waals surface area contributed by atoms with Gasteiger partial charge in [0.15, 0.2) is 0 Å². The van der Waals surface area contributed by atoms with E-state index in [1.54, 1.807) is 29.2 Å². The van der Waals surface area contributed by atoms with Crippen molar-refractivity contribution in [3.8, 4) is 23.2 Å². The smallest absolute Gasteiger partial charge is 0.337 e. The number of carbonyl (C=O) groups excluding carboxylic acids is 2. The maximum Gasteiger partial charge on any atom is 0.337 e. The number of rotatable bonds is 9. The Morgan fingerprint density at radius 2 is 1.79 bits per heavy atom. The molecule has 5 aromatic rings. The summed E-state index contributed by atoms with van der Waals surface area (Å²) in [6.07, 6.45) is 0.704.